The average Bonchev–Trinajstić information content (AvgIpc) is 3.33. The van der Waals surface area contributed by atoms with E-state index in [1.165, 1.54) is 205 Å². The molecule has 0 bridgehead atoms. The Labute approximate surface area is 269 Å². The number of hydrogen-bond acceptors (Lipinski definition) is 3. The quantitative estimate of drug-likeness (QED) is 0.0318. The second-order valence-corrected chi connectivity index (χ2v) is 13.8. The lowest BCUT2D eigenvalue weighted by Gasteiger charge is -2.05. The fraction of sp³-hybridized carbons (Fsp3) is 0.900. The monoisotopic (exact) mass is 603 g/mol. The lowest BCUT2D eigenvalue weighted by Crippen LogP contribution is -2.03. The van der Waals surface area contributed by atoms with E-state index in [2.05, 4.69) is 11.7 Å². The Morgan fingerprint density at radius 3 is 1.00 bits per heavy atom. The first-order chi connectivity index (χ1) is 21.2. The maximum absolute atomic E-state index is 11.4. The van der Waals surface area contributed by atoms with Crippen LogP contribution in [0.15, 0.2) is 12.2 Å². The molecule has 1 rings (SSSR count). The molecular weight excluding hydrogens is 528 g/mol. The highest BCUT2D eigenvalue weighted by atomic mass is 16.6. The van der Waals surface area contributed by atoms with Crippen LogP contribution in [0.3, 0.4) is 0 Å². The average molecular weight is 603 g/mol. The van der Waals surface area contributed by atoms with E-state index in [4.69, 9.17) is 0 Å². The van der Waals surface area contributed by atoms with Crippen LogP contribution in [0.25, 0.3) is 0 Å². The zero-order valence-electron chi connectivity index (χ0n) is 29.0. The van der Waals surface area contributed by atoms with Crippen molar-refractivity contribution in [1.29, 1.82) is 0 Å². The van der Waals surface area contributed by atoms with Gasteiger partial charge in [-0.15, -0.1) is 0 Å². The number of unbranched alkanes of at least 4 members (excludes halogenated alkanes) is 32. The molecule has 1 heterocycles. The predicted molar refractivity (Wildman–Crippen MR) is 186 cm³/mol. The van der Waals surface area contributed by atoms with Gasteiger partial charge in [-0.2, -0.15) is 0 Å². The van der Waals surface area contributed by atoms with E-state index in [1.807, 2.05) is 12.2 Å². The minimum Gasteiger partial charge on any atom is -0.393 e. The third-order valence-corrected chi connectivity index (χ3v) is 9.50. The van der Waals surface area contributed by atoms with E-state index in [0.29, 0.717) is 0 Å². The van der Waals surface area contributed by atoms with Gasteiger partial charge in [0.05, 0.1) is 12.3 Å². The Bertz CT molecular complexity index is 640. The normalized spacial score (nSPS) is 15.2. The molecule has 0 aromatic heterocycles. The number of cyclic esters (lactones) is 2. The van der Waals surface area contributed by atoms with Crippen molar-refractivity contribution in [2.24, 2.45) is 5.92 Å². The van der Waals surface area contributed by atoms with Crippen LogP contribution >= 0.6 is 0 Å². The summed E-state index contributed by atoms with van der Waals surface area (Å²) in [5, 5.41) is 0. The molecule has 0 aliphatic carbocycles. The molecule has 1 unspecified atom stereocenters. The van der Waals surface area contributed by atoms with Crippen molar-refractivity contribution in [3.8, 4) is 0 Å². The van der Waals surface area contributed by atoms with Crippen LogP contribution in [0.2, 0.25) is 0 Å². The molecule has 0 aromatic carbocycles. The van der Waals surface area contributed by atoms with E-state index in [9.17, 15) is 9.59 Å². The molecule has 1 aliphatic rings. The second kappa shape index (κ2) is 32.3. The third kappa shape index (κ3) is 28.1. The second-order valence-electron chi connectivity index (χ2n) is 13.8. The van der Waals surface area contributed by atoms with Crippen LogP contribution in [0, 0.1) is 5.92 Å². The van der Waals surface area contributed by atoms with Gasteiger partial charge in [0.15, 0.2) is 0 Å². The molecule has 43 heavy (non-hydrogen) atoms. The van der Waals surface area contributed by atoms with Crippen molar-refractivity contribution >= 4 is 11.9 Å². The molecule has 1 aliphatic heterocycles. The predicted octanol–water partition coefficient (Wildman–Crippen LogP) is 13.5. The van der Waals surface area contributed by atoms with Crippen molar-refractivity contribution in [3.63, 3.8) is 0 Å². The number of carbonyl (C=O) groups is 2. The molecule has 0 N–H and O–H groups in total. The Morgan fingerprint density at radius 2 is 0.744 bits per heavy atom. The van der Waals surface area contributed by atoms with Gasteiger partial charge >= 0.3 is 11.9 Å². The first kappa shape index (κ1) is 39.9. The van der Waals surface area contributed by atoms with Crippen LogP contribution < -0.4 is 0 Å². The molecule has 252 valence electrons. The molecule has 0 aromatic rings. The number of allylic oxidation sites excluding steroid dienone is 1. The number of ether oxygens (including phenoxy) is 1. The van der Waals surface area contributed by atoms with E-state index in [0.717, 1.165) is 6.42 Å². The SMILES string of the molecule is CCCCCCCCCCCCCCCCCCCCCCCCCCCCCCCCCC/C=C/C1CC(=O)OC1=O. The molecule has 3 heteroatoms. The van der Waals surface area contributed by atoms with Gasteiger partial charge in [-0.25, -0.2) is 0 Å². The lowest BCUT2D eigenvalue weighted by atomic mass is 10.0. The zero-order valence-corrected chi connectivity index (χ0v) is 29.0. The fourth-order valence-electron chi connectivity index (χ4n) is 6.54. The highest BCUT2D eigenvalue weighted by molar-refractivity contribution is 5.95. The Morgan fingerprint density at radius 1 is 0.465 bits per heavy atom. The molecule has 3 nitrogen and oxygen atoms in total. The van der Waals surface area contributed by atoms with Gasteiger partial charge in [0.2, 0.25) is 0 Å². The Kier molecular flexibility index (Phi) is 30.0. The minimum atomic E-state index is -0.388. The maximum atomic E-state index is 11.4. The summed E-state index contributed by atoms with van der Waals surface area (Å²) < 4.78 is 4.57. The lowest BCUT2D eigenvalue weighted by molar-refractivity contribution is -0.152. The summed E-state index contributed by atoms with van der Waals surface area (Å²) in [5.74, 6) is -1.11. The van der Waals surface area contributed by atoms with Crippen LogP contribution in [0.1, 0.15) is 225 Å². The Hall–Kier alpha value is -1.12. The standard InChI is InChI=1S/C40H74O3/c1-2-3-4-5-6-7-8-9-10-11-12-13-14-15-16-17-18-19-20-21-22-23-24-25-26-27-28-29-30-31-32-33-34-35-36-38-37-39(41)43-40(38)42/h35-36,38H,2-34,37H2,1H3/b36-35+. The summed E-state index contributed by atoms with van der Waals surface area (Å²) >= 11 is 0. The Balaban J connectivity index is 1.64. The van der Waals surface area contributed by atoms with Crippen molar-refractivity contribution in [1.82, 2.24) is 0 Å². The summed E-state index contributed by atoms with van der Waals surface area (Å²) in [6.07, 6.45) is 50.9. The molecular formula is C40H74O3. The van der Waals surface area contributed by atoms with Crippen molar-refractivity contribution in [2.45, 2.75) is 225 Å². The van der Waals surface area contributed by atoms with Gasteiger partial charge in [-0.1, -0.05) is 218 Å². The first-order valence-electron chi connectivity index (χ1n) is 19.6. The van der Waals surface area contributed by atoms with E-state index in [1.54, 1.807) is 0 Å². The zero-order chi connectivity index (χ0) is 30.9. The smallest absolute Gasteiger partial charge is 0.321 e. The molecule has 0 radical (unpaired) electrons. The van der Waals surface area contributed by atoms with Gasteiger partial charge < -0.3 is 4.74 Å². The molecule has 0 amide bonds. The van der Waals surface area contributed by atoms with Crippen LogP contribution in [-0.2, 0) is 14.3 Å². The van der Waals surface area contributed by atoms with Crippen molar-refractivity contribution in [2.75, 3.05) is 0 Å². The first-order valence-corrected chi connectivity index (χ1v) is 19.6. The van der Waals surface area contributed by atoms with Gasteiger partial charge in [0, 0.05) is 0 Å². The molecule has 1 fully saturated rings. The minimum absolute atomic E-state index is 0.217. The molecule has 0 saturated carbocycles. The largest absolute Gasteiger partial charge is 0.393 e. The summed E-state index contributed by atoms with van der Waals surface area (Å²) in [6, 6.07) is 0. The highest BCUT2D eigenvalue weighted by Gasteiger charge is 2.30. The van der Waals surface area contributed by atoms with E-state index < -0.39 is 0 Å². The number of carbonyl (C=O) groups excluding carboxylic acids is 2. The molecule has 1 atom stereocenters. The van der Waals surface area contributed by atoms with Gasteiger partial charge in [-0.05, 0) is 12.8 Å². The summed E-state index contributed by atoms with van der Waals surface area (Å²) in [7, 11) is 0. The third-order valence-electron chi connectivity index (χ3n) is 9.50. The fourth-order valence-corrected chi connectivity index (χ4v) is 6.54. The van der Waals surface area contributed by atoms with Crippen LogP contribution in [-0.4, -0.2) is 11.9 Å². The van der Waals surface area contributed by atoms with Gasteiger partial charge in [0.1, 0.15) is 0 Å². The number of esters is 2. The maximum Gasteiger partial charge on any atom is 0.321 e. The van der Waals surface area contributed by atoms with Crippen LogP contribution in [0.4, 0.5) is 0 Å². The molecule has 1 saturated heterocycles. The number of rotatable bonds is 34. The van der Waals surface area contributed by atoms with Gasteiger partial charge in [0.25, 0.3) is 0 Å². The summed E-state index contributed by atoms with van der Waals surface area (Å²) in [4.78, 5) is 22.5. The van der Waals surface area contributed by atoms with Gasteiger partial charge in [-0.3, -0.25) is 9.59 Å². The van der Waals surface area contributed by atoms with Crippen molar-refractivity contribution in [3.05, 3.63) is 12.2 Å². The highest BCUT2D eigenvalue weighted by Crippen LogP contribution is 2.19. The topological polar surface area (TPSA) is 43.4 Å². The summed E-state index contributed by atoms with van der Waals surface area (Å²) in [5.41, 5.74) is 0. The molecule has 0 spiro atoms. The van der Waals surface area contributed by atoms with E-state index >= 15 is 0 Å². The van der Waals surface area contributed by atoms with E-state index in [-0.39, 0.29) is 24.3 Å². The summed E-state index contributed by atoms with van der Waals surface area (Å²) in [6.45, 7) is 2.30. The van der Waals surface area contributed by atoms with Crippen molar-refractivity contribution < 1.29 is 14.3 Å². The number of hydrogen-bond donors (Lipinski definition) is 0. The van der Waals surface area contributed by atoms with Crippen LogP contribution in [0.5, 0.6) is 0 Å².